The predicted molar refractivity (Wildman–Crippen MR) is 76.5 cm³/mol. The second-order valence-corrected chi connectivity index (χ2v) is 4.98. The quantitative estimate of drug-likeness (QED) is 0.387. The van der Waals surface area contributed by atoms with Crippen molar-refractivity contribution < 1.29 is 14.6 Å². The molecule has 1 N–H and O–H groups in total. The predicted octanol–water partition coefficient (Wildman–Crippen LogP) is 2.90. The summed E-state index contributed by atoms with van der Waals surface area (Å²) in [7, 11) is 0. The lowest BCUT2D eigenvalue weighted by Gasteiger charge is -2.20. The van der Waals surface area contributed by atoms with Gasteiger partial charge in [0, 0.05) is 0 Å². The van der Waals surface area contributed by atoms with Crippen molar-refractivity contribution in [2.24, 2.45) is 0 Å². The van der Waals surface area contributed by atoms with Crippen molar-refractivity contribution >= 4 is 35.0 Å². The number of thiol groups is 1. The first-order chi connectivity index (χ1) is 8.01. The Hall–Kier alpha value is -0.130. The second-order valence-electron chi connectivity index (χ2n) is 4.08. The van der Waals surface area contributed by atoms with Crippen LogP contribution >= 0.6 is 24.8 Å². The van der Waals surface area contributed by atoms with Crippen LogP contribution in [-0.2, 0) is 9.53 Å². The first kappa shape index (κ1) is 16.9. The maximum Gasteiger partial charge on any atom is 0.189 e. The zero-order valence-electron chi connectivity index (χ0n) is 10.5. The number of carbonyl (C=O) groups is 1. The van der Waals surface area contributed by atoms with Gasteiger partial charge in [-0.2, -0.15) is 0 Å². The van der Waals surface area contributed by atoms with Gasteiger partial charge in [0.2, 0.25) is 0 Å². The molecule has 0 aliphatic carbocycles. The Labute approximate surface area is 114 Å². The summed E-state index contributed by atoms with van der Waals surface area (Å²) >= 11 is 8.56. The van der Waals surface area contributed by atoms with Gasteiger partial charge in [-0.05, 0) is 31.5 Å². The van der Waals surface area contributed by atoms with Crippen LogP contribution in [0.15, 0.2) is 0 Å². The zero-order valence-corrected chi connectivity index (χ0v) is 12.2. The molecule has 0 saturated carbocycles. The molecule has 0 saturated heterocycles. The molecule has 2 unspecified atom stereocenters. The van der Waals surface area contributed by atoms with Gasteiger partial charge in [0.1, 0.15) is 6.10 Å². The van der Waals surface area contributed by atoms with E-state index < -0.39 is 6.10 Å². The van der Waals surface area contributed by atoms with E-state index in [1.54, 1.807) is 0 Å². The number of rotatable bonds is 9. The highest BCUT2D eigenvalue weighted by Crippen LogP contribution is 2.12. The molecule has 0 radical (unpaired) electrons. The number of hydrogen-bond acceptors (Lipinski definition) is 4. The van der Waals surface area contributed by atoms with Gasteiger partial charge in [0.05, 0.1) is 12.5 Å². The van der Waals surface area contributed by atoms with Crippen LogP contribution in [0.3, 0.4) is 0 Å². The minimum Gasteiger partial charge on any atom is -0.481 e. The molecule has 0 spiro atoms. The summed E-state index contributed by atoms with van der Waals surface area (Å²) in [6.45, 7) is 4.17. The average molecular weight is 278 g/mol. The van der Waals surface area contributed by atoms with E-state index in [2.05, 4.69) is 19.6 Å². The number of aliphatic hydroxyl groups excluding tert-OH is 1. The molecule has 0 aromatic carbocycles. The summed E-state index contributed by atoms with van der Waals surface area (Å²) in [5.74, 6) is 0. The fourth-order valence-corrected chi connectivity index (χ4v) is 1.85. The first-order valence-electron chi connectivity index (χ1n) is 6.11. The Balaban J connectivity index is 4.00. The third-order valence-corrected chi connectivity index (χ3v) is 3.06. The molecule has 0 rings (SSSR count). The third-order valence-electron chi connectivity index (χ3n) is 2.51. The van der Waals surface area contributed by atoms with E-state index in [1.807, 2.05) is 6.92 Å². The summed E-state index contributed by atoms with van der Waals surface area (Å²) in [5, 5.41) is 9.29. The van der Waals surface area contributed by atoms with Crippen LogP contribution < -0.4 is 0 Å². The van der Waals surface area contributed by atoms with Gasteiger partial charge in [-0.15, -0.1) is 12.6 Å². The van der Waals surface area contributed by atoms with E-state index in [4.69, 9.17) is 17.0 Å². The first-order valence-corrected chi connectivity index (χ1v) is 6.97. The summed E-state index contributed by atoms with van der Waals surface area (Å²) in [6.07, 6.45) is 4.15. The normalized spacial score (nSPS) is 14.1. The van der Waals surface area contributed by atoms with E-state index in [0.717, 1.165) is 25.7 Å². The topological polar surface area (TPSA) is 46.5 Å². The molecule has 0 aliphatic heterocycles. The molecule has 5 heteroatoms. The molecular formula is C12H22O3S2. The van der Waals surface area contributed by atoms with Crippen molar-refractivity contribution in [1.82, 2.24) is 0 Å². The van der Waals surface area contributed by atoms with E-state index in [1.165, 1.54) is 6.42 Å². The number of carbonyl (C=O) groups excluding carboxylic acids is 1. The Morgan fingerprint density at radius 1 is 1.41 bits per heavy atom. The van der Waals surface area contributed by atoms with Gasteiger partial charge in [-0.1, -0.05) is 26.7 Å². The number of aliphatic hydroxyl groups is 1. The highest BCUT2D eigenvalue weighted by atomic mass is 32.1. The number of thiocarbonyl (C=S) groups is 1. The molecule has 17 heavy (non-hydrogen) atoms. The molecular weight excluding hydrogens is 256 g/mol. The van der Waals surface area contributed by atoms with Crippen LogP contribution in [0.25, 0.3) is 0 Å². The van der Waals surface area contributed by atoms with E-state index in [0.29, 0.717) is 0 Å². The molecule has 0 fully saturated rings. The van der Waals surface area contributed by atoms with Crippen molar-refractivity contribution in [3.8, 4) is 0 Å². The van der Waals surface area contributed by atoms with Gasteiger partial charge < -0.3 is 9.84 Å². The average Bonchev–Trinajstić information content (AvgIpc) is 2.26. The molecule has 0 aliphatic rings. The maximum absolute atomic E-state index is 10.7. The lowest BCUT2D eigenvalue weighted by Crippen LogP contribution is -2.27. The maximum atomic E-state index is 10.7. The van der Waals surface area contributed by atoms with Crippen LogP contribution in [0.1, 0.15) is 52.4 Å². The monoisotopic (exact) mass is 278 g/mol. The molecule has 100 valence electrons. The van der Waals surface area contributed by atoms with Crippen LogP contribution in [-0.4, -0.2) is 27.5 Å². The smallest absolute Gasteiger partial charge is 0.189 e. The molecule has 0 aromatic rings. The Kier molecular flexibility index (Phi) is 9.78. The summed E-state index contributed by atoms with van der Waals surface area (Å²) in [6, 6.07) is 0. The SMILES string of the molecule is CCCCCC(CC)OC(=S)C(O)CC(=O)S. The highest BCUT2D eigenvalue weighted by Gasteiger charge is 2.18. The number of hydrogen-bond donors (Lipinski definition) is 2. The number of ether oxygens (including phenoxy) is 1. The minimum atomic E-state index is -1.02. The van der Waals surface area contributed by atoms with Gasteiger partial charge >= 0.3 is 0 Å². The van der Waals surface area contributed by atoms with Gasteiger partial charge in [0.25, 0.3) is 0 Å². The fourth-order valence-electron chi connectivity index (χ4n) is 1.46. The zero-order chi connectivity index (χ0) is 13.3. The largest absolute Gasteiger partial charge is 0.481 e. The van der Waals surface area contributed by atoms with E-state index >= 15 is 0 Å². The van der Waals surface area contributed by atoms with Crippen molar-refractivity contribution in [2.45, 2.75) is 64.6 Å². The van der Waals surface area contributed by atoms with E-state index in [9.17, 15) is 9.90 Å². The molecule has 0 bridgehead atoms. The van der Waals surface area contributed by atoms with Crippen LogP contribution in [0.2, 0.25) is 0 Å². The van der Waals surface area contributed by atoms with Crippen molar-refractivity contribution in [3.63, 3.8) is 0 Å². The van der Waals surface area contributed by atoms with Gasteiger partial charge in [0.15, 0.2) is 10.2 Å². The van der Waals surface area contributed by atoms with Crippen molar-refractivity contribution in [2.75, 3.05) is 0 Å². The number of unbranched alkanes of at least 4 members (excludes halogenated alkanes) is 2. The lowest BCUT2D eigenvalue weighted by atomic mass is 10.1. The van der Waals surface area contributed by atoms with Gasteiger partial charge in [-0.25, -0.2) is 0 Å². The summed E-state index contributed by atoms with van der Waals surface area (Å²) < 4.78 is 5.50. The minimum absolute atomic E-state index is 0.0405. The highest BCUT2D eigenvalue weighted by molar-refractivity contribution is 7.96. The Bertz CT molecular complexity index is 244. The summed E-state index contributed by atoms with van der Waals surface area (Å²) in [4.78, 5) is 10.7. The summed E-state index contributed by atoms with van der Waals surface area (Å²) in [5.41, 5.74) is 0. The van der Waals surface area contributed by atoms with E-state index in [-0.39, 0.29) is 22.7 Å². The molecule has 0 heterocycles. The third kappa shape index (κ3) is 8.57. The molecule has 2 atom stereocenters. The van der Waals surface area contributed by atoms with Crippen molar-refractivity contribution in [1.29, 1.82) is 0 Å². The Morgan fingerprint density at radius 2 is 2.06 bits per heavy atom. The second kappa shape index (κ2) is 9.85. The molecule has 0 amide bonds. The Morgan fingerprint density at radius 3 is 2.53 bits per heavy atom. The fraction of sp³-hybridized carbons (Fsp3) is 0.833. The van der Waals surface area contributed by atoms with Crippen molar-refractivity contribution in [3.05, 3.63) is 0 Å². The van der Waals surface area contributed by atoms with Gasteiger partial charge in [-0.3, -0.25) is 4.79 Å². The molecule has 0 aromatic heterocycles. The standard InChI is InChI=1S/C12H22O3S2/c1-3-5-6-7-9(4-2)15-12(17)10(13)8-11(14)16/h9-10,13H,3-8H2,1-2H3,(H,14,16). The van der Waals surface area contributed by atoms with Crippen LogP contribution in [0.4, 0.5) is 0 Å². The molecule has 3 nitrogen and oxygen atoms in total. The lowest BCUT2D eigenvalue weighted by molar-refractivity contribution is -0.112. The van der Waals surface area contributed by atoms with Crippen LogP contribution in [0.5, 0.6) is 0 Å². The van der Waals surface area contributed by atoms with Crippen LogP contribution in [0, 0.1) is 0 Å².